The summed E-state index contributed by atoms with van der Waals surface area (Å²) in [5.41, 5.74) is 0. The molecule has 0 radical (unpaired) electrons. The maximum Gasteiger partial charge on any atom is 0.305 e. The smallest absolute Gasteiger partial charge is 0.305 e. The van der Waals surface area contributed by atoms with E-state index in [1.807, 2.05) is 0 Å². The predicted octanol–water partition coefficient (Wildman–Crippen LogP) is 2.79. The van der Waals surface area contributed by atoms with Gasteiger partial charge >= 0.3 is 6.01 Å². The molecule has 0 aromatic rings. The molecular formula is C6H9F3O. The normalized spacial score (nSPS) is 16.4. The van der Waals surface area contributed by atoms with Crippen molar-refractivity contribution in [1.82, 2.24) is 0 Å². The molecule has 0 aromatic heterocycles. The van der Waals surface area contributed by atoms with E-state index in [4.69, 9.17) is 5.11 Å². The van der Waals surface area contributed by atoms with Gasteiger partial charge in [-0.15, -0.1) is 0 Å². The first-order chi connectivity index (χ1) is 4.59. The predicted molar refractivity (Wildman–Crippen MR) is 31.7 cm³/mol. The second-order valence-corrected chi connectivity index (χ2v) is 1.89. The molecule has 0 saturated heterocycles. The third kappa shape index (κ3) is 2.75. The molecule has 1 N–H and O–H groups in total. The van der Waals surface area contributed by atoms with Crippen molar-refractivity contribution in [3.63, 3.8) is 0 Å². The molecule has 0 amide bonds. The SMILES string of the molecule is CCCC(F)C(F)=C(O)F. The summed E-state index contributed by atoms with van der Waals surface area (Å²) in [6.07, 6.45) is -1.71. The zero-order valence-corrected chi connectivity index (χ0v) is 5.57. The Labute approximate surface area is 57.2 Å². The van der Waals surface area contributed by atoms with Gasteiger partial charge in [-0.3, -0.25) is 0 Å². The van der Waals surface area contributed by atoms with Crippen LogP contribution >= 0.6 is 0 Å². The second kappa shape index (κ2) is 4.19. The van der Waals surface area contributed by atoms with Crippen LogP contribution in [0.1, 0.15) is 19.8 Å². The van der Waals surface area contributed by atoms with Crippen molar-refractivity contribution in [2.24, 2.45) is 0 Å². The van der Waals surface area contributed by atoms with E-state index in [9.17, 15) is 13.2 Å². The molecule has 0 heterocycles. The Morgan fingerprint density at radius 3 is 2.30 bits per heavy atom. The van der Waals surface area contributed by atoms with Crippen LogP contribution in [0.25, 0.3) is 0 Å². The van der Waals surface area contributed by atoms with Crippen LogP contribution in [0.5, 0.6) is 0 Å². The van der Waals surface area contributed by atoms with Gasteiger partial charge in [0, 0.05) is 0 Å². The molecule has 0 spiro atoms. The summed E-state index contributed by atoms with van der Waals surface area (Å²) in [7, 11) is 0. The third-order valence-electron chi connectivity index (χ3n) is 1.01. The van der Waals surface area contributed by atoms with E-state index in [0.29, 0.717) is 6.42 Å². The number of rotatable bonds is 3. The van der Waals surface area contributed by atoms with Crippen LogP contribution in [0, 0.1) is 0 Å². The van der Waals surface area contributed by atoms with Gasteiger partial charge < -0.3 is 5.11 Å². The number of allylic oxidation sites excluding steroid dienone is 1. The Morgan fingerprint density at radius 2 is 2.00 bits per heavy atom. The highest BCUT2D eigenvalue weighted by atomic mass is 19.2. The first-order valence-electron chi connectivity index (χ1n) is 2.97. The number of hydrogen-bond acceptors (Lipinski definition) is 1. The molecule has 10 heavy (non-hydrogen) atoms. The van der Waals surface area contributed by atoms with Gasteiger partial charge in [-0.25, -0.2) is 8.78 Å². The van der Waals surface area contributed by atoms with Crippen LogP contribution in [0.3, 0.4) is 0 Å². The lowest BCUT2D eigenvalue weighted by molar-refractivity contribution is 0.218. The fourth-order valence-corrected chi connectivity index (χ4v) is 0.509. The van der Waals surface area contributed by atoms with Gasteiger partial charge in [0.1, 0.15) is 0 Å². The highest BCUT2D eigenvalue weighted by Gasteiger charge is 2.16. The topological polar surface area (TPSA) is 20.2 Å². The summed E-state index contributed by atoms with van der Waals surface area (Å²) in [5, 5.41) is 7.82. The molecular weight excluding hydrogens is 145 g/mol. The lowest BCUT2D eigenvalue weighted by atomic mass is 10.2. The quantitative estimate of drug-likeness (QED) is 0.619. The van der Waals surface area contributed by atoms with Crippen LogP contribution in [-0.4, -0.2) is 11.3 Å². The molecule has 0 aliphatic carbocycles. The molecule has 1 atom stereocenters. The van der Waals surface area contributed by atoms with Crippen molar-refractivity contribution in [3.8, 4) is 0 Å². The van der Waals surface area contributed by atoms with E-state index in [1.165, 1.54) is 0 Å². The highest BCUT2D eigenvalue weighted by molar-refractivity contribution is 4.97. The highest BCUT2D eigenvalue weighted by Crippen LogP contribution is 2.17. The third-order valence-corrected chi connectivity index (χ3v) is 1.01. The van der Waals surface area contributed by atoms with Crippen molar-refractivity contribution in [1.29, 1.82) is 0 Å². The van der Waals surface area contributed by atoms with Crippen molar-refractivity contribution in [2.75, 3.05) is 0 Å². The van der Waals surface area contributed by atoms with Crippen LogP contribution in [-0.2, 0) is 0 Å². The molecule has 1 unspecified atom stereocenters. The maximum absolute atomic E-state index is 12.2. The number of aliphatic hydroxyl groups excluding tert-OH is 1. The monoisotopic (exact) mass is 154 g/mol. The van der Waals surface area contributed by atoms with Crippen LogP contribution in [0.4, 0.5) is 13.2 Å². The Kier molecular flexibility index (Phi) is 3.91. The van der Waals surface area contributed by atoms with Crippen LogP contribution < -0.4 is 0 Å². The molecule has 1 nitrogen and oxygen atoms in total. The van der Waals surface area contributed by atoms with Gasteiger partial charge in [0.15, 0.2) is 6.17 Å². The number of hydrogen-bond donors (Lipinski definition) is 1. The molecule has 0 aliphatic rings. The Balaban J connectivity index is 3.94. The standard InChI is InChI=1S/C6H9F3O/c1-2-3-4(7)5(8)6(9)10/h4,10H,2-3H2,1H3. The summed E-state index contributed by atoms with van der Waals surface area (Å²) >= 11 is 0. The number of aliphatic hydroxyl groups is 1. The van der Waals surface area contributed by atoms with E-state index in [1.54, 1.807) is 6.92 Å². The minimum Gasteiger partial charge on any atom is -0.484 e. The minimum atomic E-state index is -2.05. The molecule has 0 saturated carbocycles. The van der Waals surface area contributed by atoms with E-state index in [0.717, 1.165) is 0 Å². The maximum atomic E-state index is 12.2. The second-order valence-electron chi connectivity index (χ2n) is 1.89. The van der Waals surface area contributed by atoms with Crippen LogP contribution in [0.15, 0.2) is 11.8 Å². The molecule has 0 aliphatic heterocycles. The average Bonchev–Trinajstić information content (AvgIpc) is 1.87. The first-order valence-corrected chi connectivity index (χ1v) is 2.97. The molecule has 4 heteroatoms. The van der Waals surface area contributed by atoms with Gasteiger partial charge in [0.05, 0.1) is 0 Å². The summed E-state index contributed by atoms with van der Waals surface area (Å²) in [6.45, 7) is 1.63. The molecule has 60 valence electrons. The number of halogens is 3. The summed E-state index contributed by atoms with van der Waals surface area (Å²) < 4.78 is 35.7. The fraction of sp³-hybridized carbons (Fsp3) is 0.667. The van der Waals surface area contributed by atoms with Crippen LogP contribution in [0.2, 0.25) is 0 Å². The minimum absolute atomic E-state index is 0.111. The van der Waals surface area contributed by atoms with Crippen molar-refractivity contribution < 1.29 is 18.3 Å². The zero-order chi connectivity index (χ0) is 8.15. The fourth-order valence-electron chi connectivity index (χ4n) is 0.509. The Bertz CT molecular complexity index is 129. The average molecular weight is 154 g/mol. The molecule has 0 fully saturated rings. The van der Waals surface area contributed by atoms with E-state index < -0.39 is 18.0 Å². The summed E-state index contributed by atoms with van der Waals surface area (Å²) in [5.74, 6) is -1.71. The first kappa shape index (κ1) is 9.33. The largest absolute Gasteiger partial charge is 0.484 e. The molecule has 0 rings (SSSR count). The Hall–Kier alpha value is -0.670. The lowest BCUT2D eigenvalue weighted by Gasteiger charge is -2.01. The zero-order valence-electron chi connectivity index (χ0n) is 5.57. The van der Waals surface area contributed by atoms with Gasteiger partial charge in [-0.2, -0.15) is 4.39 Å². The van der Waals surface area contributed by atoms with Crippen molar-refractivity contribution >= 4 is 0 Å². The summed E-state index contributed by atoms with van der Waals surface area (Å²) in [4.78, 5) is 0. The van der Waals surface area contributed by atoms with E-state index in [-0.39, 0.29) is 6.42 Å². The van der Waals surface area contributed by atoms with E-state index in [2.05, 4.69) is 0 Å². The van der Waals surface area contributed by atoms with Gasteiger partial charge in [-0.05, 0) is 6.42 Å². The summed E-state index contributed by atoms with van der Waals surface area (Å²) in [6, 6.07) is -2.05. The van der Waals surface area contributed by atoms with E-state index >= 15 is 0 Å². The number of alkyl halides is 1. The van der Waals surface area contributed by atoms with Gasteiger partial charge in [-0.1, -0.05) is 13.3 Å². The molecule has 0 aromatic carbocycles. The lowest BCUT2D eigenvalue weighted by Crippen LogP contribution is -2.01. The van der Waals surface area contributed by atoms with Crippen molar-refractivity contribution in [2.45, 2.75) is 25.9 Å². The van der Waals surface area contributed by atoms with Gasteiger partial charge in [0.2, 0.25) is 5.83 Å². The Morgan fingerprint density at radius 1 is 1.50 bits per heavy atom. The molecule has 0 bridgehead atoms. The van der Waals surface area contributed by atoms with Gasteiger partial charge in [0.25, 0.3) is 0 Å². The van der Waals surface area contributed by atoms with Crippen molar-refractivity contribution in [3.05, 3.63) is 11.8 Å².